The smallest absolute Gasteiger partial charge is 0.323 e. The van der Waals surface area contributed by atoms with Crippen molar-refractivity contribution in [1.29, 1.82) is 0 Å². The van der Waals surface area contributed by atoms with Gasteiger partial charge in [-0.25, -0.2) is 0 Å². The summed E-state index contributed by atoms with van der Waals surface area (Å²) in [6.07, 6.45) is 3.54. The van der Waals surface area contributed by atoms with Crippen LogP contribution in [0.25, 0.3) is 5.57 Å². The topological polar surface area (TPSA) is 57.6 Å². The molecule has 0 aliphatic carbocycles. The number of carboxylic acid groups (broad SMARTS) is 1. The summed E-state index contributed by atoms with van der Waals surface area (Å²) < 4.78 is 0.283. The van der Waals surface area contributed by atoms with Crippen molar-refractivity contribution < 1.29 is 14.7 Å². The van der Waals surface area contributed by atoms with Crippen LogP contribution in [0.2, 0.25) is 0 Å². The number of carbonyl (C=O) groups is 2. The first kappa shape index (κ1) is 15.0. The standard InChI is InChI=1S/C13H11NO3S3/c1-8(9-3-2-6-19-9)4-5-10-12(17)14(7-11(15)16)13(18)20-10/h2-6H,7H2,1H3,(H,15,16). The van der Waals surface area contributed by atoms with E-state index in [-0.39, 0.29) is 10.2 Å². The van der Waals surface area contributed by atoms with Crippen LogP contribution < -0.4 is 0 Å². The third-order valence-electron chi connectivity index (χ3n) is 2.56. The summed E-state index contributed by atoms with van der Waals surface area (Å²) in [7, 11) is 0. The van der Waals surface area contributed by atoms with Gasteiger partial charge in [-0.3, -0.25) is 14.5 Å². The Kier molecular flexibility index (Phi) is 4.74. The highest BCUT2D eigenvalue weighted by molar-refractivity contribution is 8.26. The van der Waals surface area contributed by atoms with Gasteiger partial charge in [0.05, 0.1) is 4.91 Å². The Morgan fingerprint density at radius 1 is 1.55 bits per heavy atom. The molecule has 0 aromatic carbocycles. The molecule has 1 aliphatic rings. The van der Waals surface area contributed by atoms with E-state index < -0.39 is 12.5 Å². The van der Waals surface area contributed by atoms with Gasteiger partial charge in [0.2, 0.25) is 0 Å². The number of thiocarbonyl (C=S) groups is 1. The van der Waals surface area contributed by atoms with Gasteiger partial charge in [-0.05, 0) is 30.0 Å². The maximum Gasteiger partial charge on any atom is 0.323 e. The highest BCUT2D eigenvalue weighted by Crippen LogP contribution is 2.31. The van der Waals surface area contributed by atoms with Crippen LogP contribution in [0.4, 0.5) is 0 Å². The summed E-state index contributed by atoms with van der Waals surface area (Å²) in [5.74, 6) is -1.43. The van der Waals surface area contributed by atoms with E-state index in [0.717, 1.165) is 27.1 Å². The third-order valence-corrected chi connectivity index (χ3v) is 4.96. The molecule has 0 atom stereocenters. The monoisotopic (exact) mass is 325 g/mol. The summed E-state index contributed by atoms with van der Waals surface area (Å²) in [4.78, 5) is 25.4. The number of aliphatic carboxylic acids is 1. The molecule has 0 unspecified atom stereocenters. The summed E-state index contributed by atoms with van der Waals surface area (Å²) in [6, 6.07) is 3.96. The van der Waals surface area contributed by atoms with Gasteiger partial charge < -0.3 is 5.11 Å². The fraction of sp³-hybridized carbons (Fsp3) is 0.154. The van der Waals surface area contributed by atoms with E-state index in [1.807, 2.05) is 30.5 Å². The number of carbonyl (C=O) groups excluding carboxylic acids is 1. The molecule has 1 aliphatic heterocycles. The summed E-state index contributed by atoms with van der Waals surface area (Å²) in [6.45, 7) is 1.57. The number of thiophene rings is 1. The Bertz CT molecular complexity index is 617. The first-order valence-electron chi connectivity index (χ1n) is 5.67. The lowest BCUT2D eigenvalue weighted by Crippen LogP contribution is -2.33. The van der Waals surface area contributed by atoms with Gasteiger partial charge in [0.25, 0.3) is 5.91 Å². The van der Waals surface area contributed by atoms with Gasteiger partial charge in [-0.15, -0.1) is 11.3 Å². The average Bonchev–Trinajstić information content (AvgIpc) is 3.00. The molecular formula is C13H11NO3S3. The number of allylic oxidation sites excluding steroid dienone is 3. The molecule has 1 N–H and O–H groups in total. The molecule has 0 saturated carbocycles. The van der Waals surface area contributed by atoms with Gasteiger partial charge >= 0.3 is 5.97 Å². The fourth-order valence-electron chi connectivity index (χ4n) is 1.57. The number of nitrogens with zero attached hydrogens (tertiary/aromatic N) is 1. The number of hydrogen-bond acceptors (Lipinski definition) is 5. The van der Waals surface area contributed by atoms with Crippen LogP contribution in [0, 0.1) is 0 Å². The SMILES string of the molecule is CC(=CC=C1SC(=S)N(CC(=O)O)C1=O)c1cccs1. The molecule has 0 spiro atoms. The van der Waals surface area contributed by atoms with Gasteiger partial charge in [-0.2, -0.15) is 0 Å². The van der Waals surface area contributed by atoms with Crippen LogP contribution in [-0.4, -0.2) is 32.7 Å². The zero-order valence-electron chi connectivity index (χ0n) is 10.5. The first-order valence-corrected chi connectivity index (χ1v) is 7.77. The Hall–Kier alpha value is -1.44. The summed E-state index contributed by atoms with van der Waals surface area (Å²) in [5, 5.41) is 10.7. The number of carboxylic acids is 1. The molecule has 0 radical (unpaired) electrons. The molecule has 1 aromatic rings. The quantitative estimate of drug-likeness (QED) is 0.681. The van der Waals surface area contributed by atoms with Crippen molar-refractivity contribution in [2.75, 3.05) is 6.54 Å². The number of amides is 1. The second-order valence-electron chi connectivity index (χ2n) is 4.01. The van der Waals surface area contributed by atoms with Crippen LogP contribution in [0.3, 0.4) is 0 Å². The molecule has 1 aromatic heterocycles. The maximum atomic E-state index is 12.0. The Labute approximate surface area is 129 Å². The predicted octanol–water partition coefficient (Wildman–Crippen LogP) is 2.98. The fourth-order valence-corrected chi connectivity index (χ4v) is 3.48. The lowest BCUT2D eigenvalue weighted by Gasteiger charge is -2.09. The largest absolute Gasteiger partial charge is 0.480 e. The van der Waals surface area contributed by atoms with Crippen LogP contribution in [0.15, 0.2) is 34.6 Å². The van der Waals surface area contributed by atoms with Crippen LogP contribution in [0.1, 0.15) is 11.8 Å². The van der Waals surface area contributed by atoms with Crippen molar-refractivity contribution in [3.05, 3.63) is 39.4 Å². The number of thioether (sulfide) groups is 1. The van der Waals surface area contributed by atoms with E-state index in [9.17, 15) is 9.59 Å². The first-order chi connectivity index (χ1) is 9.49. The van der Waals surface area contributed by atoms with Crippen molar-refractivity contribution in [2.45, 2.75) is 6.92 Å². The maximum absolute atomic E-state index is 12.0. The van der Waals surface area contributed by atoms with E-state index in [1.54, 1.807) is 17.4 Å². The molecule has 2 rings (SSSR count). The second-order valence-corrected chi connectivity index (χ2v) is 6.63. The lowest BCUT2D eigenvalue weighted by molar-refractivity contribution is -0.140. The zero-order valence-corrected chi connectivity index (χ0v) is 13.0. The summed E-state index contributed by atoms with van der Waals surface area (Å²) >= 11 is 7.77. The van der Waals surface area contributed by atoms with Gasteiger partial charge in [-0.1, -0.05) is 36.1 Å². The summed E-state index contributed by atoms with van der Waals surface area (Å²) in [5.41, 5.74) is 1.04. The lowest BCUT2D eigenvalue weighted by atomic mass is 10.2. The van der Waals surface area contributed by atoms with E-state index >= 15 is 0 Å². The van der Waals surface area contributed by atoms with Crippen molar-refractivity contribution in [3.8, 4) is 0 Å². The molecule has 4 nitrogen and oxygen atoms in total. The minimum absolute atomic E-state index is 0.283. The molecule has 7 heteroatoms. The van der Waals surface area contributed by atoms with Gasteiger partial charge in [0, 0.05) is 4.88 Å². The highest BCUT2D eigenvalue weighted by atomic mass is 32.2. The van der Waals surface area contributed by atoms with Gasteiger partial charge in [0.1, 0.15) is 10.9 Å². The minimum Gasteiger partial charge on any atom is -0.480 e. The van der Waals surface area contributed by atoms with E-state index in [2.05, 4.69) is 0 Å². The molecule has 1 fully saturated rings. The molecule has 2 heterocycles. The van der Waals surface area contributed by atoms with Crippen molar-refractivity contribution >= 4 is 57.1 Å². The van der Waals surface area contributed by atoms with E-state index in [4.69, 9.17) is 17.3 Å². The highest BCUT2D eigenvalue weighted by Gasteiger charge is 2.32. The minimum atomic E-state index is -1.08. The van der Waals surface area contributed by atoms with E-state index in [1.165, 1.54) is 0 Å². The normalized spacial score (nSPS) is 18.1. The second kappa shape index (κ2) is 6.34. The zero-order chi connectivity index (χ0) is 14.7. The molecule has 0 bridgehead atoms. The third kappa shape index (κ3) is 3.36. The number of rotatable bonds is 4. The van der Waals surface area contributed by atoms with Crippen molar-refractivity contribution in [1.82, 2.24) is 4.90 Å². The van der Waals surface area contributed by atoms with Crippen molar-refractivity contribution in [3.63, 3.8) is 0 Å². The predicted molar refractivity (Wildman–Crippen MR) is 85.6 cm³/mol. The van der Waals surface area contributed by atoms with Crippen LogP contribution in [0.5, 0.6) is 0 Å². The van der Waals surface area contributed by atoms with Crippen LogP contribution >= 0.6 is 35.3 Å². The molecule has 1 amide bonds. The number of hydrogen-bond donors (Lipinski definition) is 1. The van der Waals surface area contributed by atoms with Gasteiger partial charge in [0.15, 0.2) is 0 Å². The average molecular weight is 325 g/mol. The molecule has 20 heavy (non-hydrogen) atoms. The van der Waals surface area contributed by atoms with Crippen LogP contribution in [-0.2, 0) is 9.59 Å². The molecular weight excluding hydrogens is 314 g/mol. The molecule has 1 saturated heterocycles. The van der Waals surface area contributed by atoms with Crippen molar-refractivity contribution in [2.24, 2.45) is 0 Å². The Morgan fingerprint density at radius 2 is 2.30 bits per heavy atom. The molecule has 104 valence electrons. The Balaban J connectivity index is 2.16. The Morgan fingerprint density at radius 3 is 2.90 bits per heavy atom. The van der Waals surface area contributed by atoms with E-state index in [0.29, 0.717) is 4.91 Å².